The van der Waals surface area contributed by atoms with Crippen molar-refractivity contribution >= 4 is 11.7 Å². The number of hydrogen-bond acceptors (Lipinski definition) is 5. The quantitative estimate of drug-likeness (QED) is 0.740. The molecule has 2 aromatic rings. The molecule has 3 N–H and O–H groups in total. The zero-order valence-electron chi connectivity index (χ0n) is 14.7. The third-order valence-electron chi connectivity index (χ3n) is 3.92. The maximum atomic E-state index is 12.2. The van der Waals surface area contributed by atoms with E-state index in [2.05, 4.69) is 16.0 Å². The molecule has 138 valence electrons. The molecule has 1 saturated heterocycles. The molecular formula is C19H23N3O4. The van der Waals surface area contributed by atoms with Crippen molar-refractivity contribution in [2.45, 2.75) is 6.10 Å². The second kappa shape index (κ2) is 9.07. The van der Waals surface area contributed by atoms with Crippen LogP contribution in [0.1, 0.15) is 0 Å². The molecule has 1 atom stereocenters. The summed E-state index contributed by atoms with van der Waals surface area (Å²) < 4.78 is 16.8. The number of amides is 2. The van der Waals surface area contributed by atoms with Crippen molar-refractivity contribution in [1.29, 1.82) is 0 Å². The van der Waals surface area contributed by atoms with Crippen molar-refractivity contribution in [3.05, 3.63) is 48.5 Å². The van der Waals surface area contributed by atoms with Gasteiger partial charge in [-0.25, -0.2) is 4.79 Å². The SMILES string of the molecule is COc1ccccc1Oc1ccccc1NC(=O)NC[C@@H]1CNCCO1. The first kappa shape index (κ1) is 18.0. The lowest BCUT2D eigenvalue weighted by molar-refractivity contribution is 0.0310. The van der Waals surface area contributed by atoms with E-state index in [1.54, 1.807) is 19.2 Å². The molecule has 0 saturated carbocycles. The number of ether oxygens (including phenoxy) is 3. The Morgan fingerprint density at radius 2 is 1.88 bits per heavy atom. The highest BCUT2D eigenvalue weighted by molar-refractivity contribution is 5.91. The Morgan fingerprint density at radius 3 is 2.62 bits per heavy atom. The summed E-state index contributed by atoms with van der Waals surface area (Å²) >= 11 is 0. The first-order valence-corrected chi connectivity index (χ1v) is 8.53. The molecule has 0 aromatic heterocycles. The molecule has 0 unspecified atom stereocenters. The maximum absolute atomic E-state index is 12.2. The average molecular weight is 357 g/mol. The molecule has 1 heterocycles. The molecule has 7 nitrogen and oxygen atoms in total. The van der Waals surface area contributed by atoms with E-state index < -0.39 is 0 Å². The van der Waals surface area contributed by atoms with E-state index >= 15 is 0 Å². The summed E-state index contributed by atoms with van der Waals surface area (Å²) in [5.41, 5.74) is 0.568. The lowest BCUT2D eigenvalue weighted by Crippen LogP contribution is -2.46. The number of carbonyl (C=O) groups is 1. The van der Waals surface area contributed by atoms with Gasteiger partial charge < -0.3 is 30.2 Å². The summed E-state index contributed by atoms with van der Waals surface area (Å²) in [6, 6.07) is 14.3. The molecule has 2 amide bonds. The van der Waals surface area contributed by atoms with Gasteiger partial charge in [-0.15, -0.1) is 0 Å². The summed E-state index contributed by atoms with van der Waals surface area (Å²) in [5, 5.41) is 8.86. The van der Waals surface area contributed by atoms with Crippen LogP contribution in [0.15, 0.2) is 48.5 Å². The fourth-order valence-electron chi connectivity index (χ4n) is 2.60. The zero-order valence-corrected chi connectivity index (χ0v) is 14.7. The minimum absolute atomic E-state index is 0.0189. The third kappa shape index (κ3) is 4.87. The van der Waals surface area contributed by atoms with Gasteiger partial charge in [0.25, 0.3) is 0 Å². The highest BCUT2D eigenvalue weighted by Gasteiger charge is 2.15. The number of carbonyl (C=O) groups excluding carboxylic acids is 1. The standard InChI is InChI=1S/C19H23N3O4/c1-24-17-8-4-5-9-18(17)26-16-7-3-2-6-15(16)22-19(23)21-13-14-12-20-10-11-25-14/h2-9,14,20H,10-13H2,1H3,(H2,21,22,23)/t14-/m0/s1. The van der Waals surface area contributed by atoms with Crippen LogP contribution in [0, 0.1) is 0 Å². The maximum Gasteiger partial charge on any atom is 0.319 e. The van der Waals surface area contributed by atoms with Gasteiger partial charge in [-0.3, -0.25) is 0 Å². The summed E-state index contributed by atoms with van der Waals surface area (Å²) in [6.45, 7) is 2.67. The lowest BCUT2D eigenvalue weighted by atomic mass is 10.2. The van der Waals surface area contributed by atoms with E-state index in [1.807, 2.05) is 36.4 Å². The monoisotopic (exact) mass is 357 g/mol. The smallest absolute Gasteiger partial charge is 0.319 e. The van der Waals surface area contributed by atoms with E-state index in [1.165, 1.54) is 0 Å². The molecule has 1 aliphatic heterocycles. The van der Waals surface area contributed by atoms with Crippen molar-refractivity contribution in [2.24, 2.45) is 0 Å². The van der Waals surface area contributed by atoms with Crippen molar-refractivity contribution in [3.8, 4) is 17.2 Å². The Bertz CT molecular complexity index is 732. The number of hydrogen-bond donors (Lipinski definition) is 3. The number of benzene rings is 2. The molecule has 2 aromatic carbocycles. The highest BCUT2D eigenvalue weighted by atomic mass is 16.5. The molecule has 0 radical (unpaired) electrons. The van der Waals surface area contributed by atoms with E-state index in [0.717, 1.165) is 13.1 Å². The van der Waals surface area contributed by atoms with Crippen LogP contribution in [0.25, 0.3) is 0 Å². The van der Waals surface area contributed by atoms with E-state index in [-0.39, 0.29) is 12.1 Å². The van der Waals surface area contributed by atoms with E-state index in [9.17, 15) is 4.79 Å². The lowest BCUT2D eigenvalue weighted by Gasteiger charge is -2.23. The van der Waals surface area contributed by atoms with Gasteiger partial charge in [-0.1, -0.05) is 24.3 Å². The summed E-state index contributed by atoms with van der Waals surface area (Å²) in [6.07, 6.45) is -0.0189. The Kier molecular flexibility index (Phi) is 6.29. The number of rotatable bonds is 6. The molecule has 0 spiro atoms. The van der Waals surface area contributed by atoms with Gasteiger partial charge in [0.2, 0.25) is 0 Å². The number of urea groups is 1. The molecule has 0 bridgehead atoms. The van der Waals surface area contributed by atoms with Crippen LogP contribution in [0.5, 0.6) is 17.2 Å². The first-order chi connectivity index (χ1) is 12.8. The Hall–Kier alpha value is -2.77. The van der Waals surface area contributed by atoms with Gasteiger partial charge in [0.05, 0.1) is 25.5 Å². The minimum Gasteiger partial charge on any atom is -0.493 e. The van der Waals surface area contributed by atoms with Crippen LogP contribution in [-0.4, -0.2) is 45.5 Å². The number of anilines is 1. The van der Waals surface area contributed by atoms with Gasteiger partial charge in [0, 0.05) is 19.6 Å². The Morgan fingerprint density at radius 1 is 1.15 bits per heavy atom. The van der Waals surface area contributed by atoms with Gasteiger partial charge in [-0.05, 0) is 24.3 Å². The second-order valence-electron chi connectivity index (χ2n) is 5.78. The van der Waals surface area contributed by atoms with E-state index in [0.29, 0.717) is 36.1 Å². The number of morpholine rings is 1. The van der Waals surface area contributed by atoms with Crippen molar-refractivity contribution in [1.82, 2.24) is 10.6 Å². The van der Waals surface area contributed by atoms with Gasteiger partial charge in [0.1, 0.15) is 0 Å². The molecule has 0 aliphatic carbocycles. The van der Waals surface area contributed by atoms with E-state index in [4.69, 9.17) is 14.2 Å². The van der Waals surface area contributed by atoms with Crippen molar-refractivity contribution < 1.29 is 19.0 Å². The number of nitrogens with one attached hydrogen (secondary N) is 3. The van der Waals surface area contributed by atoms with Crippen LogP contribution in [0.2, 0.25) is 0 Å². The number of methoxy groups -OCH3 is 1. The first-order valence-electron chi connectivity index (χ1n) is 8.53. The molecule has 1 fully saturated rings. The fraction of sp³-hybridized carbons (Fsp3) is 0.316. The molecule has 3 rings (SSSR count). The fourth-order valence-corrected chi connectivity index (χ4v) is 2.60. The van der Waals surface area contributed by atoms with Crippen LogP contribution < -0.4 is 25.4 Å². The largest absolute Gasteiger partial charge is 0.493 e. The normalized spacial score (nSPS) is 16.6. The second-order valence-corrected chi connectivity index (χ2v) is 5.78. The summed E-state index contributed by atoms with van der Waals surface area (Å²) in [7, 11) is 1.59. The predicted octanol–water partition coefficient (Wildman–Crippen LogP) is 2.60. The highest BCUT2D eigenvalue weighted by Crippen LogP contribution is 2.34. The predicted molar refractivity (Wildman–Crippen MR) is 99.1 cm³/mol. The number of para-hydroxylation sites is 4. The Labute approximate surface area is 152 Å². The average Bonchev–Trinajstić information content (AvgIpc) is 2.69. The van der Waals surface area contributed by atoms with Crippen LogP contribution in [-0.2, 0) is 4.74 Å². The molecule has 7 heteroatoms. The van der Waals surface area contributed by atoms with Gasteiger partial charge in [0.15, 0.2) is 17.2 Å². The topological polar surface area (TPSA) is 80.9 Å². The van der Waals surface area contributed by atoms with Crippen molar-refractivity contribution in [3.63, 3.8) is 0 Å². The molecule has 1 aliphatic rings. The Balaban J connectivity index is 1.62. The van der Waals surface area contributed by atoms with Gasteiger partial charge >= 0.3 is 6.03 Å². The summed E-state index contributed by atoms with van der Waals surface area (Å²) in [4.78, 5) is 12.2. The van der Waals surface area contributed by atoms with Crippen LogP contribution in [0.4, 0.5) is 10.5 Å². The zero-order chi connectivity index (χ0) is 18.2. The van der Waals surface area contributed by atoms with Crippen molar-refractivity contribution in [2.75, 3.05) is 38.7 Å². The molecular weight excluding hydrogens is 334 g/mol. The minimum atomic E-state index is -0.310. The van der Waals surface area contributed by atoms with Crippen LogP contribution >= 0.6 is 0 Å². The third-order valence-corrected chi connectivity index (χ3v) is 3.92. The summed E-state index contributed by atoms with van der Waals surface area (Å²) in [5.74, 6) is 1.72. The van der Waals surface area contributed by atoms with Gasteiger partial charge in [-0.2, -0.15) is 0 Å². The molecule has 26 heavy (non-hydrogen) atoms. The van der Waals surface area contributed by atoms with Crippen LogP contribution in [0.3, 0.4) is 0 Å².